The summed E-state index contributed by atoms with van der Waals surface area (Å²) < 4.78 is 44.0. The molecule has 0 fully saturated rings. The van der Waals surface area contributed by atoms with E-state index in [0.717, 1.165) is 21.2 Å². The van der Waals surface area contributed by atoms with E-state index >= 15 is 0 Å². The molecule has 0 aliphatic rings. The first kappa shape index (κ1) is 21.4. The van der Waals surface area contributed by atoms with Crippen molar-refractivity contribution >= 4 is 38.4 Å². The van der Waals surface area contributed by atoms with Crippen molar-refractivity contribution < 1.29 is 22.0 Å². The number of benzene rings is 4. The first-order valence-electron chi connectivity index (χ1n) is 9.57. The van der Waals surface area contributed by atoms with E-state index in [1.807, 2.05) is 121 Å². The molecule has 0 aromatic heterocycles. The fraction of sp³-hybridized carbons (Fsp3) is 0. The fourth-order valence-corrected chi connectivity index (χ4v) is 9.91. The summed E-state index contributed by atoms with van der Waals surface area (Å²) in [4.78, 5) is 0. The van der Waals surface area contributed by atoms with E-state index < -0.39 is 17.2 Å². The topological polar surface area (TPSA) is 72.8 Å². The third-order valence-electron chi connectivity index (χ3n) is 5.26. The van der Waals surface area contributed by atoms with Crippen LogP contribution in [0, 0.1) is 0 Å². The summed E-state index contributed by atoms with van der Waals surface area (Å²) in [6.45, 7) is -4.25. The number of hydrogen-bond acceptors (Lipinski definition) is 4. The van der Waals surface area contributed by atoms with E-state index in [2.05, 4.69) is 0 Å². The van der Waals surface area contributed by atoms with Gasteiger partial charge in [-0.1, -0.05) is 0 Å². The van der Waals surface area contributed by atoms with Crippen LogP contribution in [0.15, 0.2) is 121 Å². The van der Waals surface area contributed by atoms with Crippen LogP contribution in [0.1, 0.15) is 0 Å². The van der Waals surface area contributed by atoms with Gasteiger partial charge in [0, 0.05) is 0 Å². The van der Waals surface area contributed by atoms with Gasteiger partial charge < -0.3 is 0 Å². The van der Waals surface area contributed by atoms with E-state index in [4.69, 9.17) is 9.01 Å². The molecule has 0 aliphatic heterocycles. The van der Waals surface area contributed by atoms with E-state index in [0.29, 0.717) is 0 Å². The molecule has 0 atom stereocenters. The second kappa shape index (κ2) is 8.35. The van der Waals surface area contributed by atoms with Gasteiger partial charge >= 0.3 is 182 Å². The molecule has 0 aliphatic carbocycles. The summed E-state index contributed by atoms with van der Waals surface area (Å²) in [7, 11) is -4.92. The maximum atomic E-state index is 11.8. The Kier molecular flexibility index (Phi) is 5.75. The zero-order valence-electron chi connectivity index (χ0n) is 16.5. The van der Waals surface area contributed by atoms with Crippen molar-refractivity contribution in [3.8, 4) is 0 Å². The van der Waals surface area contributed by atoms with Gasteiger partial charge in [0.2, 0.25) is 0 Å². The van der Waals surface area contributed by atoms with Crippen LogP contribution < -0.4 is 21.2 Å². The zero-order chi connectivity index (χ0) is 21.8. The van der Waals surface area contributed by atoms with Gasteiger partial charge in [-0.3, -0.25) is 0 Å². The number of rotatable bonds is 7. The molecule has 0 saturated carbocycles. The Morgan fingerprint density at radius 1 is 0.516 bits per heavy atom. The molecule has 0 bridgehead atoms. The molecule has 4 rings (SSSR count). The Hall–Kier alpha value is -2.86. The maximum absolute atomic E-state index is 11.8. The summed E-state index contributed by atoms with van der Waals surface area (Å²) >= 11 is 0. The van der Waals surface area contributed by atoms with E-state index in [1.54, 1.807) is 0 Å². The van der Waals surface area contributed by atoms with Gasteiger partial charge in [-0.2, -0.15) is 0 Å². The molecule has 1 N–H and O–H groups in total. The second-order valence-electron chi connectivity index (χ2n) is 6.95. The van der Waals surface area contributed by atoms with Gasteiger partial charge in [-0.05, 0) is 0 Å². The Bertz CT molecular complexity index is 1080. The Morgan fingerprint density at radius 2 is 0.774 bits per heavy atom. The van der Waals surface area contributed by atoms with Crippen molar-refractivity contribution in [2.75, 3.05) is 0 Å². The minimum absolute atomic E-state index is 0.723. The quantitative estimate of drug-likeness (QED) is 0.201. The Balaban J connectivity index is 2.27. The van der Waals surface area contributed by atoms with Gasteiger partial charge in [-0.25, -0.2) is 0 Å². The Morgan fingerprint density at radius 3 is 1.00 bits per heavy atom. The summed E-state index contributed by atoms with van der Waals surface area (Å²) in [5.41, 5.74) is 0. The van der Waals surface area contributed by atoms with E-state index in [1.165, 1.54) is 0 Å². The molecule has 0 radical (unpaired) electrons. The van der Waals surface area contributed by atoms with Crippen LogP contribution in [0.2, 0.25) is 0 Å². The third kappa shape index (κ3) is 3.59. The molecule has 7 heteroatoms. The van der Waals surface area contributed by atoms with Crippen molar-refractivity contribution in [1.82, 2.24) is 0 Å². The molecule has 5 nitrogen and oxygen atoms in total. The van der Waals surface area contributed by atoms with Crippen LogP contribution in [0.25, 0.3) is 0 Å². The predicted molar refractivity (Wildman–Crippen MR) is 125 cm³/mol. The van der Waals surface area contributed by atoms with Gasteiger partial charge in [0.15, 0.2) is 0 Å². The first-order valence-corrected chi connectivity index (χ1v) is 13.1. The number of hydrogen-bond donors (Lipinski definition) is 1. The van der Waals surface area contributed by atoms with Crippen LogP contribution >= 0.6 is 6.83 Å². The van der Waals surface area contributed by atoms with Crippen LogP contribution in [-0.2, 0) is 19.4 Å². The molecule has 0 unspecified atom stereocenters. The Labute approximate surface area is 181 Å². The summed E-state index contributed by atoms with van der Waals surface area (Å²) in [5, 5.41) is 2.89. The van der Waals surface area contributed by atoms with Gasteiger partial charge in [0.1, 0.15) is 0 Å². The molecule has 4 aromatic rings. The molecule has 0 spiro atoms. The average Bonchev–Trinajstić information content (AvgIpc) is 2.82. The summed E-state index contributed by atoms with van der Waals surface area (Å²) in [6, 6.07) is 37.5. The molecular weight excluding hydrogens is 431 g/mol. The molecule has 31 heavy (non-hydrogen) atoms. The molecule has 0 saturated heterocycles. The summed E-state index contributed by atoms with van der Waals surface area (Å²) in [5.74, 6) is 0. The van der Waals surface area contributed by atoms with Crippen LogP contribution in [0.4, 0.5) is 0 Å². The third-order valence-corrected chi connectivity index (χ3v) is 11.1. The van der Waals surface area contributed by atoms with Crippen molar-refractivity contribution in [2.45, 2.75) is 0 Å². The molecule has 158 valence electrons. The van der Waals surface area contributed by atoms with Crippen LogP contribution in [0.5, 0.6) is 0 Å². The SMILES string of the molecule is O=S(=O)(O)OOP(c1ccccc1)(c1ccccc1)(c1ccccc1)c1ccccc1. The zero-order valence-corrected chi connectivity index (χ0v) is 18.2. The van der Waals surface area contributed by atoms with E-state index in [9.17, 15) is 13.0 Å². The van der Waals surface area contributed by atoms with Crippen LogP contribution in [0.3, 0.4) is 0 Å². The second-order valence-corrected chi connectivity index (χ2v) is 12.2. The van der Waals surface area contributed by atoms with Crippen molar-refractivity contribution in [3.05, 3.63) is 121 Å². The minimum atomic E-state index is -4.92. The average molecular weight is 452 g/mol. The van der Waals surface area contributed by atoms with Gasteiger partial charge in [0.25, 0.3) is 0 Å². The van der Waals surface area contributed by atoms with Crippen LogP contribution in [-0.4, -0.2) is 13.0 Å². The molecular formula is C24H21O5PS. The first-order chi connectivity index (χ1) is 15.0. The van der Waals surface area contributed by atoms with Crippen molar-refractivity contribution in [3.63, 3.8) is 0 Å². The van der Waals surface area contributed by atoms with E-state index in [-0.39, 0.29) is 0 Å². The molecule has 0 amide bonds. The monoisotopic (exact) mass is 452 g/mol. The predicted octanol–water partition coefficient (Wildman–Crippen LogP) is 3.51. The summed E-state index contributed by atoms with van der Waals surface area (Å²) in [6.07, 6.45) is 0. The fourth-order valence-electron chi connectivity index (χ4n) is 4.02. The van der Waals surface area contributed by atoms with Crippen molar-refractivity contribution in [1.29, 1.82) is 0 Å². The molecule has 4 aromatic carbocycles. The molecule has 0 heterocycles. The van der Waals surface area contributed by atoms with Gasteiger partial charge in [-0.15, -0.1) is 0 Å². The van der Waals surface area contributed by atoms with Crippen molar-refractivity contribution in [2.24, 2.45) is 0 Å². The standard InChI is InChI=1S/C24H21O5PS/c25-31(26,27)29-28-30(21-13-5-1-6-14-21,22-15-7-2-8-16-22,23-17-9-3-10-18-23)24-19-11-4-12-20-24/h1-20H,(H,25,26,27). The van der Waals surface area contributed by atoms with Gasteiger partial charge in [0.05, 0.1) is 0 Å². The normalized spacial score (nSPS) is 13.3.